The van der Waals surface area contributed by atoms with Crippen molar-refractivity contribution in [1.82, 2.24) is 20.0 Å². The number of benzene rings is 1. The number of carbonyl (C=O) groups is 2. The van der Waals surface area contributed by atoms with Gasteiger partial charge in [-0.2, -0.15) is 0 Å². The summed E-state index contributed by atoms with van der Waals surface area (Å²) < 4.78 is 0. The molecule has 3 aliphatic heterocycles. The topological polar surface area (TPSA) is 55.9 Å². The Morgan fingerprint density at radius 2 is 1.77 bits per heavy atom. The molecule has 6 heteroatoms. The van der Waals surface area contributed by atoms with Gasteiger partial charge in [0, 0.05) is 58.3 Å². The third-order valence-electron chi connectivity index (χ3n) is 7.58. The van der Waals surface area contributed by atoms with Gasteiger partial charge < -0.3 is 20.0 Å². The van der Waals surface area contributed by atoms with Crippen molar-refractivity contribution < 1.29 is 9.59 Å². The first-order chi connectivity index (χ1) is 14.4. The van der Waals surface area contributed by atoms with Gasteiger partial charge in [-0.25, -0.2) is 4.79 Å². The van der Waals surface area contributed by atoms with E-state index in [1.54, 1.807) is 0 Å². The molecule has 0 unspecified atom stereocenters. The monoisotopic (exact) mass is 412 g/mol. The molecule has 2 spiro atoms. The second-order valence-corrected chi connectivity index (χ2v) is 10.0. The van der Waals surface area contributed by atoms with Gasteiger partial charge in [0.1, 0.15) is 0 Å². The van der Waals surface area contributed by atoms with Crippen molar-refractivity contribution in [3.05, 3.63) is 35.9 Å². The van der Waals surface area contributed by atoms with E-state index in [0.717, 1.165) is 64.1 Å². The van der Waals surface area contributed by atoms with Gasteiger partial charge in [0.05, 0.1) is 5.41 Å². The molecule has 0 aliphatic carbocycles. The van der Waals surface area contributed by atoms with E-state index < -0.39 is 0 Å². The van der Waals surface area contributed by atoms with Crippen LogP contribution in [0.3, 0.4) is 0 Å². The molecule has 4 rings (SSSR count). The highest BCUT2D eigenvalue weighted by Crippen LogP contribution is 2.57. The fraction of sp³-hybridized carbons (Fsp3) is 0.667. The number of nitrogens with one attached hydrogen (secondary N) is 1. The minimum Gasteiger partial charge on any atom is -0.345 e. The first kappa shape index (κ1) is 21.2. The maximum atomic E-state index is 13.3. The molecule has 1 N–H and O–H groups in total. The molecule has 0 radical (unpaired) electrons. The van der Waals surface area contributed by atoms with Crippen LogP contribution in [0.2, 0.25) is 0 Å². The van der Waals surface area contributed by atoms with E-state index >= 15 is 0 Å². The minimum absolute atomic E-state index is 0.0000562. The van der Waals surface area contributed by atoms with Gasteiger partial charge in [0.2, 0.25) is 5.91 Å². The van der Waals surface area contributed by atoms with Crippen LogP contribution in [-0.2, 0) is 11.3 Å². The number of hydrogen-bond donors (Lipinski definition) is 1. The number of rotatable bonds is 4. The van der Waals surface area contributed by atoms with E-state index in [-0.39, 0.29) is 16.9 Å². The fourth-order valence-electron chi connectivity index (χ4n) is 6.06. The van der Waals surface area contributed by atoms with Gasteiger partial charge in [-0.3, -0.25) is 4.79 Å². The van der Waals surface area contributed by atoms with E-state index in [1.165, 1.54) is 0 Å². The third kappa shape index (κ3) is 3.70. The van der Waals surface area contributed by atoms with Crippen LogP contribution < -0.4 is 5.32 Å². The van der Waals surface area contributed by atoms with Gasteiger partial charge in [-0.1, -0.05) is 44.2 Å². The van der Waals surface area contributed by atoms with E-state index in [1.807, 2.05) is 47.2 Å². The lowest BCUT2D eigenvalue weighted by Gasteiger charge is -2.46. The predicted molar refractivity (Wildman–Crippen MR) is 118 cm³/mol. The zero-order valence-corrected chi connectivity index (χ0v) is 18.7. The third-order valence-corrected chi connectivity index (χ3v) is 7.58. The second kappa shape index (κ2) is 8.22. The van der Waals surface area contributed by atoms with Crippen LogP contribution in [0.4, 0.5) is 4.79 Å². The number of piperidine rings is 1. The number of likely N-dealkylation sites (tertiary alicyclic amines) is 3. The maximum Gasteiger partial charge on any atom is 0.317 e. The van der Waals surface area contributed by atoms with Gasteiger partial charge in [-0.05, 0) is 30.7 Å². The lowest BCUT2D eigenvalue weighted by Crippen LogP contribution is -2.54. The summed E-state index contributed by atoms with van der Waals surface area (Å²) in [5.41, 5.74) is 0.849. The van der Waals surface area contributed by atoms with Crippen LogP contribution in [0, 0.1) is 16.7 Å². The maximum absolute atomic E-state index is 13.3. The molecular weight excluding hydrogens is 376 g/mol. The molecule has 3 heterocycles. The Labute approximate surface area is 180 Å². The molecule has 1 aromatic rings. The first-order valence-electron chi connectivity index (χ1n) is 11.4. The average molecular weight is 413 g/mol. The highest BCUT2D eigenvalue weighted by molar-refractivity contribution is 5.86. The van der Waals surface area contributed by atoms with Gasteiger partial charge >= 0.3 is 6.03 Å². The number of carbonyl (C=O) groups excluding carboxylic acids is 2. The van der Waals surface area contributed by atoms with Crippen molar-refractivity contribution >= 4 is 11.9 Å². The summed E-state index contributed by atoms with van der Waals surface area (Å²) in [6.07, 6.45) is 2.79. The van der Waals surface area contributed by atoms with Crippen LogP contribution in [0.5, 0.6) is 0 Å². The summed E-state index contributed by atoms with van der Waals surface area (Å²) in [6.45, 7) is 10.3. The minimum atomic E-state index is -0.261. The largest absolute Gasteiger partial charge is 0.345 e. The quantitative estimate of drug-likeness (QED) is 0.827. The molecule has 30 heavy (non-hydrogen) atoms. The lowest BCUT2D eigenvalue weighted by molar-refractivity contribution is -0.141. The standard InChI is InChI=1S/C24H36N4O2/c1-19(2)16-27-17-23(24(18-27)11-12-26(3)21(24)29)9-13-28(14-10-23)22(30)25-15-20-7-5-4-6-8-20/h4-8,19H,9-18H2,1-3H3,(H,25,30)/t24-/m1/s1. The van der Waals surface area contributed by atoms with Crippen LogP contribution in [-0.4, -0.2) is 73.0 Å². The molecule has 0 bridgehead atoms. The summed E-state index contributed by atoms with van der Waals surface area (Å²) in [6, 6.07) is 10.0. The molecular formula is C24H36N4O2. The smallest absolute Gasteiger partial charge is 0.317 e. The number of fused-ring (bicyclic) bond motifs is 1. The molecule has 3 saturated heterocycles. The Balaban J connectivity index is 1.43. The number of nitrogens with zero attached hydrogens (tertiary/aromatic N) is 3. The van der Waals surface area contributed by atoms with E-state index in [2.05, 4.69) is 24.1 Å². The zero-order chi connectivity index (χ0) is 21.4. The SMILES string of the molecule is CC(C)CN1CC2(CCN(C(=O)NCc3ccccc3)CC2)[C@]2(CCN(C)C2=O)C1. The van der Waals surface area contributed by atoms with Crippen LogP contribution in [0.15, 0.2) is 30.3 Å². The summed E-state index contributed by atoms with van der Waals surface area (Å²) in [4.78, 5) is 32.4. The Bertz CT molecular complexity index is 773. The summed E-state index contributed by atoms with van der Waals surface area (Å²) in [5.74, 6) is 0.922. The van der Waals surface area contributed by atoms with Crippen molar-refractivity contribution in [3.63, 3.8) is 0 Å². The number of urea groups is 1. The van der Waals surface area contributed by atoms with Crippen molar-refractivity contribution in [3.8, 4) is 0 Å². The number of hydrogen-bond acceptors (Lipinski definition) is 3. The highest BCUT2D eigenvalue weighted by atomic mass is 16.2. The molecule has 3 amide bonds. The van der Waals surface area contributed by atoms with Crippen LogP contribution >= 0.6 is 0 Å². The molecule has 6 nitrogen and oxygen atoms in total. The molecule has 3 fully saturated rings. The summed E-state index contributed by atoms with van der Waals surface area (Å²) in [5, 5.41) is 3.06. The predicted octanol–water partition coefficient (Wildman–Crippen LogP) is 2.80. The van der Waals surface area contributed by atoms with Crippen molar-refractivity contribution in [2.45, 2.75) is 39.7 Å². The number of amides is 3. The molecule has 0 aromatic heterocycles. The first-order valence-corrected chi connectivity index (χ1v) is 11.4. The average Bonchev–Trinajstić information content (AvgIpc) is 3.19. The van der Waals surface area contributed by atoms with Crippen molar-refractivity contribution in [2.75, 3.05) is 46.3 Å². The van der Waals surface area contributed by atoms with Gasteiger partial charge in [0.25, 0.3) is 0 Å². The van der Waals surface area contributed by atoms with Crippen LogP contribution in [0.25, 0.3) is 0 Å². The van der Waals surface area contributed by atoms with Crippen LogP contribution in [0.1, 0.15) is 38.7 Å². The van der Waals surface area contributed by atoms with Gasteiger partial charge in [0.15, 0.2) is 0 Å². The fourth-order valence-corrected chi connectivity index (χ4v) is 6.06. The van der Waals surface area contributed by atoms with Crippen molar-refractivity contribution in [1.29, 1.82) is 0 Å². The molecule has 1 atom stereocenters. The second-order valence-electron chi connectivity index (χ2n) is 10.0. The zero-order valence-electron chi connectivity index (χ0n) is 18.7. The summed E-state index contributed by atoms with van der Waals surface area (Å²) in [7, 11) is 1.95. The Morgan fingerprint density at radius 1 is 1.07 bits per heavy atom. The Morgan fingerprint density at radius 3 is 2.37 bits per heavy atom. The molecule has 3 aliphatic rings. The highest BCUT2D eigenvalue weighted by Gasteiger charge is 2.64. The van der Waals surface area contributed by atoms with E-state index in [0.29, 0.717) is 18.4 Å². The van der Waals surface area contributed by atoms with E-state index in [9.17, 15) is 9.59 Å². The Hall–Kier alpha value is -2.08. The molecule has 0 saturated carbocycles. The van der Waals surface area contributed by atoms with Crippen molar-refractivity contribution in [2.24, 2.45) is 16.7 Å². The normalized spacial score (nSPS) is 26.3. The Kier molecular flexibility index (Phi) is 5.80. The lowest BCUT2D eigenvalue weighted by atomic mass is 9.60. The molecule has 1 aromatic carbocycles. The van der Waals surface area contributed by atoms with E-state index in [4.69, 9.17) is 0 Å². The van der Waals surface area contributed by atoms with Gasteiger partial charge in [-0.15, -0.1) is 0 Å². The molecule has 164 valence electrons. The summed E-state index contributed by atoms with van der Waals surface area (Å²) >= 11 is 0.